The van der Waals surface area contributed by atoms with Crippen molar-refractivity contribution in [2.45, 2.75) is 20.3 Å². The van der Waals surface area contributed by atoms with Gasteiger partial charge in [0, 0.05) is 17.3 Å². The molecule has 0 saturated carbocycles. The molecule has 0 spiro atoms. The standard InChI is InChI=1S/C17H16Cl2N2/c1-11-3-6-15-14(9-11)20-17(7-8-18)21(15)16-10-13(19)5-4-12(16)2/h3-6,9-10H,7-8H2,1-2H3. The highest BCUT2D eigenvalue weighted by molar-refractivity contribution is 6.30. The van der Waals surface area contributed by atoms with Gasteiger partial charge in [0.15, 0.2) is 0 Å². The summed E-state index contributed by atoms with van der Waals surface area (Å²) in [7, 11) is 0. The Balaban J connectivity index is 2.33. The number of aromatic nitrogens is 2. The van der Waals surface area contributed by atoms with Crippen molar-refractivity contribution in [1.82, 2.24) is 9.55 Å². The van der Waals surface area contributed by atoms with E-state index >= 15 is 0 Å². The highest BCUT2D eigenvalue weighted by atomic mass is 35.5. The summed E-state index contributed by atoms with van der Waals surface area (Å²) in [4.78, 5) is 4.75. The molecular formula is C17H16Cl2N2. The Morgan fingerprint density at radius 2 is 1.90 bits per heavy atom. The summed E-state index contributed by atoms with van der Waals surface area (Å²) in [5.74, 6) is 1.51. The van der Waals surface area contributed by atoms with Crippen LogP contribution in [0, 0.1) is 13.8 Å². The molecule has 0 aliphatic heterocycles. The normalized spacial score (nSPS) is 11.2. The van der Waals surface area contributed by atoms with Crippen LogP contribution in [0.1, 0.15) is 17.0 Å². The zero-order valence-electron chi connectivity index (χ0n) is 12.0. The first-order valence-corrected chi connectivity index (χ1v) is 7.82. The lowest BCUT2D eigenvalue weighted by Crippen LogP contribution is -2.04. The van der Waals surface area contributed by atoms with Crippen LogP contribution in [-0.4, -0.2) is 15.4 Å². The van der Waals surface area contributed by atoms with Crippen molar-refractivity contribution in [3.8, 4) is 5.69 Å². The van der Waals surface area contributed by atoms with Gasteiger partial charge in [-0.25, -0.2) is 4.98 Å². The van der Waals surface area contributed by atoms with E-state index in [0.29, 0.717) is 5.88 Å². The first-order chi connectivity index (χ1) is 10.1. The van der Waals surface area contributed by atoms with Crippen LogP contribution in [0.5, 0.6) is 0 Å². The molecule has 0 saturated heterocycles. The molecule has 1 heterocycles. The predicted octanol–water partition coefficient (Wildman–Crippen LogP) is 5.08. The van der Waals surface area contributed by atoms with Crippen LogP contribution in [0.4, 0.5) is 0 Å². The molecule has 2 nitrogen and oxygen atoms in total. The third-order valence-corrected chi connectivity index (χ3v) is 4.03. The highest BCUT2D eigenvalue weighted by Crippen LogP contribution is 2.27. The maximum absolute atomic E-state index is 6.18. The van der Waals surface area contributed by atoms with Crippen molar-refractivity contribution in [1.29, 1.82) is 0 Å². The smallest absolute Gasteiger partial charge is 0.115 e. The molecule has 0 bridgehead atoms. The molecule has 2 aromatic carbocycles. The second kappa shape index (κ2) is 5.70. The number of benzene rings is 2. The van der Waals surface area contributed by atoms with Crippen LogP contribution in [0.15, 0.2) is 36.4 Å². The van der Waals surface area contributed by atoms with Crippen LogP contribution in [0.25, 0.3) is 16.7 Å². The second-order valence-corrected chi connectivity index (χ2v) is 6.04. The molecular weight excluding hydrogens is 303 g/mol. The van der Waals surface area contributed by atoms with Crippen molar-refractivity contribution in [3.63, 3.8) is 0 Å². The number of nitrogens with zero attached hydrogens (tertiary/aromatic N) is 2. The number of imidazole rings is 1. The molecule has 0 unspecified atom stereocenters. The summed E-state index contributed by atoms with van der Waals surface area (Å²) in [6.07, 6.45) is 0.723. The van der Waals surface area contributed by atoms with Crippen LogP contribution in [0.3, 0.4) is 0 Å². The molecule has 3 rings (SSSR count). The minimum absolute atomic E-state index is 0.544. The fourth-order valence-corrected chi connectivity index (χ4v) is 2.92. The van der Waals surface area contributed by atoms with Crippen molar-refractivity contribution < 1.29 is 0 Å². The summed E-state index contributed by atoms with van der Waals surface area (Å²) in [6, 6.07) is 12.2. The van der Waals surface area contributed by atoms with Crippen LogP contribution < -0.4 is 0 Å². The minimum Gasteiger partial charge on any atom is -0.296 e. The Labute approximate surface area is 134 Å². The predicted molar refractivity (Wildman–Crippen MR) is 90.0 cm³/mol. The lowest BCUT2D eigenvalue weighted by molar-refractivity contribution is 0.907. The van der Waals surface area contributed by atoms with Gasteiger partial charge in [-0.1, -0.05) is 23.7 Å². The van der Waals surface area contributed by atoms with Crippen molar-refractivity contribution in [2.75, 3.05) is 5.88 Å². The number of halogens is 2. The molecule has 3 aromatic rings. The zero-order chi connectivity index (χ0) is 15.0. The Bertz CT molecular complexity index is 806. The third kappa shape index (κ3) is 2.66. The first-order valence-electron chi connectivity index (χ1n) is 6.90. The van der Waals surface area contributed by atoms with Gasteiger partial charge in [0.1, 0.15) is 5.82 Å². The van der Waals surface area contributed by atoms with E-state index in [1.807, 2.05) is 18.2 Å². The number of hydrogen-bond acceptors (Lipinski definition) is 1. The molecule has 0 aliphatic carbocycles. The summed E-state index contributed by atoms with van der Waals surface area (Å²) in [5, 5.41) is 0.724. The fourth-order valence-electron chi connectivity index (χ4n) is 2.58. The fraction of sp³-hybridized carbons (Fsp3) is 0.235. The Morgan fingerprint density at radius 1 is 1.10 bits per heavy atom. The number of alkyl halides is 1. The lowest BCUT2D eigenvalue weighted by atomic mass is 10.1. The first kappa shape index (κ1) is 14.4. The summed E-state index contributed by atoms with van der Waals surface area (Å²) in [5.41, 5.74) is 5.51. The van der Waals surface area contributed by atoms with Gasteiger partial charge in [-0.3, -0.25) is 4.57 Å². The summed E-state index contributed by atoms with van der Waals surface area (Å²) >= 11 is 12.1. The van der Waals surface area contributed by atoms with Gasteiger partial charge in [-0.15, -0.1) is 11.6 Å². The van der Waals surface area contributed by atoms with Gasteiger partial charge in [-0.05, 0) is 49.2 Å². The molecule has 1 aromatic heterocycles. The topological polar surface area (TPSA) is 17.8 Å². The van der Waals surface area contributed by atoms with Gasteiger partial charge in [0.05, 0.1) is 16.7 Å². The molecule has 0 atom stereocenters. The molecule has 108 valence electrons. The van der Waals surface area contributed by atoms with Gasteiger partial charge in [-0.2, -0.15) is 0 Å². The van der Waals surface area contributed by atoms with E-state index in [1.165, 1.54) is 5.56 Å². The number of fused-ring (bicyclic) bond motifs is 1. The van der Waals surface area contributed by atoms with Gasteiger partial charge < -0.3 is 0 Å². The maximum Gasteiger partial charge on any atom is 0.115 e. The maximum atomic E-state index is 6.18. The summed E-state index contributed by atoms with van der Waals surface area (Å²) < 4.78 is 2.17. The lowest BCUT2D eigenvalue weighted by Gasteiger charge is -2.12. The average Bonchev–Trinajstić information content (AvgIpc) is 2.79. The molecule has 0 amide bonds. The quantitative estimate of drug-likeness (QED) is 0.616. The Hall–Kier alpha value is -1.51. The van der Waals surface area contributed by atoms with E-state index in [4.69, 9.17) is 28.2 Å². The molecule has 4 heteroatoms. The Morgan fingerprint density at radius 3 is 2.67 bits per heavy atom. The van der Waals surface area contributed by atoms with Crippen molar-refractivity contribution in [3.05, 3.63) is 58.4 Å². The largest absolute Gasteiger partial charge is 0.296 e. The summed E-state index contributed by atoms with van der Waals surface area (Å²) in [6.45, 7) is 4.15. The Kier molecular flexibility index (Phi) is 3.92. The van der Waals surface area contributed by atoms with Crippen LogP contribution in [0.2, 0.25) is 5.02 Å². The molecule has 0 radical (unpaired) electrons. The molecule has 0 N–H and O–H groups in total. The minimum atomic E-state index is 0.544. The zero-order valence-corrected chi connectivity index (χ0v) is 13.5. The molecule has 0 fully saturated rings. The van der Waals surface area contributed by atoms with Gasteiger partial charge >= 0.3 is 0 Å². The van der Waals surface area contributed by atoms with E-state index < -0.39 is 0 Å². The van der Waals surface area contributed by atoms with Gasteiger partial charge in [0.25, 0.3) is 0 Å². The molecule has 0 aliphatic rings. The van der Waals surface area contributed by atoms with E-state index in [0.717, 1.165) is 39.6 Å². The SMILES string of the molecule is Cc1ccc2c(c1)nc(CCCl)n2-c1cc(Cl)ccc1C. The molecule has 21 heavy (non-hydrogen) atoms. The third-order valence-electron chi connectivity index (χ3n) is 3.61. The highest BCUT2D eigenvalue weighted by Gasteiger charge is 2.14. The van der Waals surface area contributed by atoms with E-state index in [2.05, 4.69) is 36.6 Å². The van der Waals surface area contributed by atoms with Crippen molar-refractivity contribution in [2.24, 2.45) is 0 Å². The van der Waals surface area contributed by atoms with E-state index in [1.54, 1.807) is 0 Å². The monoisotopic (exact) mass is 318 g/mol. The van der Waals surface area contributed by atoms with E-state index in [-0.39, 0.29) is 0 Å². The van der Waals surface area contributed by atoms with Crippen LogP contribution >= 0.6 is 23.2 Å². The second-order valence-electron chi connectivity index (χ2n) is 5.23. The number of hydrogen-bond donors (Lipinski definition) is 0. The van der Waals surface area contributed by atoms with Crippen molar-refractivity contribution >= 4 is 34.2 Å². The van der Waals surface area contributed by atoms with Crippen LogP contribution in [-0.2, 0) is 6.42 Å². The number of rotatable bonds is 3. The van der Waals surface area contributed by atoms with Gasteiger partial charge in [0.2, 0.25) is 0 Å². The van der Waals surface area contributed by atoms with E-state index in [9.17, 15) is 0 Å². The average molecular weight is 319 g/mol. The number of aryl methyl sites for hydroxylation is 3.